The average Bonchev–Trinajstić information content (AvgIpc) is 2.47. The van der Waals surface area contributed by atoms with Crippen LogP contribution in [0.4, 0.5) is 0 Å². The molecule has 1 aliphatic heterocycles. The summed E-state index contributed by atoms with van der Waals surface area (Å²) in [6.45, 7) is 1.81. The average molecular weight is 309 g/mol. The van der Waals surface area contributed by atoms with Gasteiger partial charge in [0.05, 0.1) is 0 Å². The van der Waals surface area contributed by atoms with E-state index in [0.29, 0.717) is 25.5 Å². The van der Waals surface area contributed by atoms with Crippen LogP contribution in [0.5, 0.6) is 0 Å². The van der Waals surface area contributed by atoms with Gasteiger partial charge in [-0.25, -0.2) is 4.72 Å². The maximum atomic E-state index is 12.3. The summed E-state index contributed by atoms with van der Waals surface area (Å²) in [5.74, 6) is 0.551. The summed E-state index contributed by atoms with van der Waals surface area (Å²) in [4.78, 5) is 0. The smallest absolute Gasteiger partial charge is 0.202 e. The number of piperidine rings is 1. The Labute approximate surface area is 122 Å². The summed E-state index contributed by atoms with van der Waals surface area (Å²) in [6.07, 6.45) is 8.74. The second-order valence-corrected chi connectivity index (χ2v) is 8.00. The maximum Gasteiger partial charge on any atom is 0.279 e. The molecule has 0 aromatic heterocycles. The van der Waals surface area contributed by atoms with Gasteiger partial charge in [0.2, 0.25) is 0 Å². The van der Waals surface area contributed by atoms with E-state index in [0.717, 1.165) is 44.9 Å². The second-order valence-electron chi connectivity index (χ2n) is 5.98. The van der Waals surface area contributed by atoms with Crippen molar-refractivity contribution in [2.24, 2.45) is 5.41 Å². The topological polar surface area (TPSA) is 49.4 Å². The Hall–Kier alpha value is 0.160. The Kier molecular flexibility index (Phi) is 5.52. The van der Waals surface area contributed by atoms with E-state index in [9.17, 15) is 8.42 Å². The predicted octanol–water partition coefficient (Wildman–Crippen LogP) is 2.50. The van der Waals surface area contributed by atoms with Crippen molar-refractivity contribution in [3.8, 4) is 0 Å². The molecule has 0 spiro atoms. The summed E-state index contributed by atoms with van der Waals surface area (Å²) in [6, 6.07) is 0. The molecule has 1 N–H and O–H groups in total. The van der Waals surface area contributed by atoms with Crippen LogP contribution in [0.1, 0.15) is 51.4 Å². The zero-order chi connectivity index (χ0) is 13.8. The van der Waals surface area contributed by atoms with Crippen molar-refractivity contribution in [1.82, 2.24) is 9.03 Å². The molecule has 0 atom stereocenters. The van der Waals surface area contributed by atoms with Crippen LogP contribution in [0, 0.1) is 5.41 Å². The van der Waals surface area contributed by atoms with Crippen LogP contribution in [-0.4, -0.2) is 38.2 Å². The Balaban J connectivity index is 1.92. The van der Waals surface area contributed by atoms with Crippen LogP contribution < -0.4 is 4.72 Å². The van der Waals surface area contributed by atoms with E-state index in [4.69, 9.17) is 11.6 Å². The zero-order valence-corrected chi connectivity index (χ0v) is 13.1. The number of rotatable bonds is 5. The van der Waals surface area contributed by atoms with Crippen LogP contribution in [0.15, 0.2) is 0 Å². The van der Waals surface area contributed by atoms with Gasteiger partial charge in [0.1, 0.15) is 0 Å². The van der Waals surface area contributed by atoms with Crippen molar-refractivity contribution in [2.45, 2.75) is 51.4 Å². The lowest BCUT2D eigenvalue weighted by Crippen LogP contribution is -2.48. The molecule has 0 bridgehead atoms. The fraction of sp³-hybridized carbons (Fsp3) is 1.00. The molecule has 112 valence electrons. The van der Waals surface area contributed by atoms with Crippen molar-refractivity contribution in [3.05, 3.63) is 0 Å². The molecule has 2 fully saturated rings. The third kappa shape index (κ3) is 4.06. The summed E-state index contributed by atoms with van der Waals surface area (Å²) in [5, 5.41) is 0. The highest BCUT2D eigenvalue weighted by Gasteiger charge is 2.33. The van der Waals surface area contributed by atoms with Crippen molar-refractivity contribution < 1.29 is 8.42 Å². The van der Waals surface area contributed by atoms with Gasteiger partial charge >= 0.3 is 0 Å². The molecule has 6 heteroatoms. The fourth-order valence-electron chi connectivity index (χ4n) is 3.10. The molecule has 1 saturated carbocycles. The Morgan fingerprint density at radius 2 is 1.58 bits per heavy atom. The molecule has 1 saturated heterocycles. The van der Waals surface area contributed by atoms with E-state index in [2.05, 4.69) is 4.72 Å². The van der Waals surface area contributed by atoms with Crippen molar-refractivity contribution in [2.75, 3.05) is 25.5 Å². The molecule has 0 unspecified atom stereocenters. The largest absolute Gasteiger partial charge is 0.279 e. The van der Waals surface area contributed by atoms with Gasteiger partial charge in [-0.3, -0.25) is 0 Å². The van der Waals surface area contributed by atoms with Gasteiger partial charge in [0.15, 0.2) is 0 Å². The molecule has 1 aliphatic carbocycles. The molecule has 0 aromatic rings. The number of nitrogens with one attached hydrogen (secondary N) is 1. The summed E-state index contributed by atoms with van der Waals surface area (Å²) in [7, 11) is -3.31. The highest BCUT2D eigenvalue weighted by molar-refractivity contribution is 7.87. The molecule has 0 amide bonds. The third-order valence-corrected chi connectivity index (χ3v) is 6.60. The summed E-state index contributed by atoms with van der Waals surface area (Å²) < 4.78 is 28.9. The van der Waals surface area contributed by atoms with Gasteiger partial charge in [0, 0.05) is 25.5 Å². The Morgan fingerprint density at radius 1 is 1.00 bits per heavy atom. The van der Waals surface area contributed by atoms with Gasteiger partial charge in [0.25, 0.3) is 10.2 Å². The standard InChI is InChI=1S/C13H25ClN2O2S/c14-11-13(7-3-1-4-8-13)12-15-19(17,18)16-9-5-2-6-10-16/h15H,1-12H2. The molecular weight excluding hydrogens is 284 g/mol. The van der Waals surface area contributed by atoms with Crippen LogP contribution >= 0.6 is 11.6 Å². The number of nitrogens with zero attached hydrogens (tertiary/aromatic N) is 1. The van der Waals surface area contributed by atoms with Crippen LogP contribution in [0.3, 0.4) is 0 Å². The van der Waals surface area contributed by atoms with Gasteiger partial charge < -0.3 is 0 Å². The number of halogens is 1. The zero-order valence-electron chi connectivity index (χ0n) is 11.5. The van der Waals surface area contributed by atoms with E-state index >= 15 is 0 Å². The summed E-state index contributed by atoms with van der Waals surface area (Å²) in [5.41, 5.74) is -0.0251. The molecule has 0 radical (unpaired) electrons. The van der Waals surface area contributed by atoms with E-state index in [1.807, 2.05) is 0 Å². The molecular formula is C13H25ClN2O2S. The maximum absolute atomic E-state index is 12.3. The van der Waals surface area contributed by atoms with E-state index in [1.165, 1.54) is 6.42 Å². The summed E-state index contributed by atoms with van der Waals surface area (Å²) >= 11 is 6.10. The molecule has 2 aliphatic rings. The van der Waals surface area contributed by atoms with Crippen LogP contribution in [0.2, 0.25) is 0 Å². The minimum atomic E-state index is -3.31. The van der Waals surface area contributed by atoms with Crippen LogP contribution in [0.25, 0.3) is 0 Å². The monoisotopic (exact) mass is 308 g/mol. The highest BCUT2D eigenvalue weighted by Crippen LogP contribution is 2.37. The first-order chi connectivity index (χ1) is 9.08. The van der Waals surface area contributed by atoms with Crippen molar-refractivity contribution >= 4 is 21.8 Å². The molecule has 4 nitrogen and oxygen atoms in total. The predicted molar refractivity (Wildman–Crippen MR) is 78.6 cm³/mol. The second kappa shape index (κ2) is 6.74. The molecule has 19 heavy (non-hydrogen) atoms. The molecule has 2 rings (SSSR count). The highest BCUT2D eigenvalue weighted by atomic mass is 35.5. The third-order valence-electron chi connectivity index (χ3n) is 4.48. The van der Waals surface area contributed by atoms with Gasteiger partial charge in [-0.2, -0.15) is 12.7 Å². The first-order valence-corrected chi connectivity index (χ1v) is 9.36. The van der Waals surface area contributed by atoms with E-state index in [1.54, 1.807) is 4.31 Å². The number of hydrogen-bond acceptors (Lipinski definition) is 2. The van der Waals surface area contributed by atoms with E-state index in [-0.39, 0.29) is 5.41 Å². The normalized spacial score (nSPS) is 25.3. The minimum Gasteiger partial charge on any atom is -0.202 e. The van der Waals surface area contributed by atoms with Gasteiger partial charge in [-0.15, -0.1) is 11.6 Å². The van der Waals surface area contributed by atoms with Crippen LogP contribution in [-0.2, 0) is 10.2 Å². The Bertz CT molecular complexity index is 374. The quantitative estimate of drug-likeness (QED) is 0.793. The molecule has 1 heterocycles. The lowest BCUT2D eigenvalue weighted by Gasteiger charge is -2.36. The first kappa shape index (κ1) is 15.5. The SMILES string of the molecule is O=S(=O)(NCC1(CCl)CCCCC1)N1CCCCC1. The Morgan fingerprint density at radius 3 is 2.16 bits per heavy atom. The van der Waals surface area contributed by atoms with E-state index < -0.39 is 10.2 Å². The number of alkyl halides is 1. The first-order valence-electron chi connectivity index (χ1n) is 7.39. The van der Waals surface area contributed by atoms with Crippen molar-refractivity contribution in [3.63, 3.8) is 0 Å². The van der Waals surface area contributed by atoms with Crippen molar-refractivity contribution in [1.29, 1.82) is 0 Å². The number of hydrogen-bond donors (Lipinski definition) is 1. The minimum absolute atomic E-state index is 0.0251. The fourth-order valence-corrected chi connectivity index (χ4v) is 4.87. The lowest BCUT2D eigenvalue weighted by atomic mass is 9.76. The lowest BCUT2D eigenvalue weighted by molar-refractivity contribution is 0.221. The van der Waals surface area contributed by atoms with Gasteiger partial charge in [-0.05, 0) is 31.1 Å². The molecule has 0 aromatic carbocycles. The van der Waals surface area contributed by atoms with Gasteiger partial charge in [-0.1, -0.05) is 25.7 Å².